The molecule has 0 heterocycles. The molecule has 0 aliphatic rings. The molecular weight excluding hydrogens is 253 g/mol. The lowest BCUT2D eigenvalue weighted by molar-refractivity contribution is 1.38. The number of aryl methyl sites for hydroxylation is 1. The average Bonchev–Trinajstić information content (AvgIpc) is 1.98. The number of azide groups is 1. The summed E-state index contributed by atoms with van der Waals surface area (Å²) in [5, 5.41) is 3.49. The lowest BCUT2D eigenvalue weighted by Crippen LogP contribution is -1.76. The Bertz CT molecular complexity index is 315. The Morgan fingerprint density at radius 3 is 2.82 bits per heavy atom. The fraction of sp³-hybridized carbons (Fsp3) is 0.143. The van der Waals surface area contributed by atoms with Crippen LogP contribution >= 0.6 is 22.6 Å². The maximum atomic E-state index is 8.14. The summed E-state index contributed by atoms with van der Waals surface area (Å²) >= 11 is 2.23. The van der Waals surface area contributed by atoms with E-state index in [1.165, 1.54) is 3.57 Å². The van der Waals surface area contributed by atoms with Gasteiger partial charge in [-0.1, -0.05) is 11.2 Å². The minimum atomic E-state index is 0.672. The quantitative estimate of drug-likeness (QED) is 0.320. The van der Waals surface area contributed by atoms with Crippen molar-refractivity contribution >= 4 is 28.3 Å². The SMILES string of the molecule is Cc1cc(N=[N+]=[N-])ccc1I. The molecule has 0 unspecified atom stereocenters. The van der Waals surface area contributed by atoms with E-state index in [0.29, 0.717) is 5.69 Å². The van der Waals surface area contributed by atoms with Gasteiger partial charge in [0.25, 0.3) is 0 Å². The zero-order valence-electron chi connectivity index (χ0n) is 5.95. The summed E-state index contributed by atoms with van der Waals surface area (Å²) in [5.74, 6) is 0. The number of nitrogens with zero attached hydrogens (tertiary/aromatic N) is 3. The highest BCUT2D eigenvalue weighted by Crippen LogP contribution is 2.18. The largest absolute Gasteiger partial charge is 0.0608 e. The summed E-state index contributed by atoms with van der Waals surface area (Å²) in [5.41, 5.74) is 9.94. The molecule has 0 bridgehead atoms. The third-order valence-corrected chi connectivity index (χ3v) is 2.51. The van der Waals surface area contributed by atoms with Crippen molar-refractivity contribution in [2.45, 2.75) is 6.92 Å². The van der Waals surface area contributed by atoms with Crippen molar-refractivity contribution in [2.24, 2.45) is 5.11 Å². The first kappa shape index (κ1) is 8.36. The number of rotatable bonds is 1. The predicted octanol–water partition coefficient (Wildman–Crippen LogP) is 3.54. The van der Waals surface area contributed by atoms with Crippen LogP contribution in [0.3, 0.4) is 0 Å². The van der Waals surface area contributed by atoms with Crippen molar-refractivity contribution in [3.63, 3.8) is 0 Å². The van der Waals surface area contributed by atoms with E-state index in [0.717, 1.165) is 5.56 Å². The number of benzene rings is 1. The molecule has 11 heavy (non-hydrogen) atoms. The molecule has 56 valence electrons. The first-order valence-electron chi connectivity index (χ1n) is 3.05. The second-order valence-electron chi connectivity index (χ2n) is 2.12. The van der Waals surface area contributed by atoms with Crippen LogP contribution in [0.4, 0.5) is 5.69 Å². The van der Waals surface area contributed by atoms with Crippen LogP contribution in [0.15, 0.2) is 23.3 Å². The molecule has 0 fully saturated rings. The van der Waals surface area contributed by atoms with E-state index in [4.69, 9.17) is 5.53 Å². The molecule has 1 aromatic rings. The standard InChI is InChI=1S/C7H6IN3/c1-5-4-6(10-11-9)2-3-7(5)8/h2-4H,1H3. The van der Waals surface area contributed by atoms with E-state index in [-0.39, 0.29) is 0 Å². The van der Waals surface area contributed by atoms with E-state index >= 15 is 0 Å². The molecular formula is C7H6IN3. The number of hydrogen-bond acceptors (Lipinski definition) is 1. The van der Waals surface area contributed by atoms with Crippen LogP contribution in [-0.2, 0) is 0 Å². The Kier molecular flexibility index (Phi) is 2.73. The summed E-state index contributed by atoms with van der Waals surface area (Å²) < 4.78 is 1.18. The Hall–Kier alpha value is -0.740. The maximum absolute atomic E-state index is 8.14. The molecule has 0 radical (unpaired) electrons. The molecule has 1 rings (SSSR count). The van der Waals surface area contributed by atoms with Gasteiger partial charge < -0.3 is 0 Å². The molecule has 0 spiro atoms. The highest BCUT2D eigenvalue weighted by atomic mass is 127. The van der Waals surface area contributed by atoms with Crippen LogP contribution in [0, 0.1) is 10.5 Å². The summed E-state index contributed by atoms with van der Waals surface area (Å²) in [6, 6.07) is 5.59. The van der Waals surface area contributed by atoms with E-state index in [1.807, 2.05) is 19.1 Å². The predicted molar refractivity (Wildman–Crippen MR) is 52.7 cm³/mol. The molecule has 1 aromatic carbocycles. The fourth-order valence-electron chi connectivity index (χ4n) is 0.743. The third kappa shape index (κ3) is 2.10. The topological polar surface area (TPSA) is 48.8 Å². The molecule has 0 saturated heterocycles. The van der Waals surface area contributed by atoms with Gasteiger partial charge in [0.15, 0.2) is 0 Å². The highest BCUT2D eigenvalue weighted by Gasteiger charge is 1.93. The van der Waals surface area contributed by atoms with Gasteiger partial charge in [-0.2, -0.15) is 0 Å². The monoisotopic (exact) mass is 259 g/mol. The van der Waals surface area contributed by atoms with E-state index in [1.54, 1.807) is 6.07 Å². The summed E-state index contributed by atoms with van der Waals surface area (Å²) in [6.07, 6.45) is 0. The molecule has 0 aromatic heterocycles. The summed E-state index contributed by atoms with van der Waals surface area (Å²) in [7, 11) is 0. The van der Waals surface area contributed by atoms with Gasteiger partial charge in [-0.25, -0.2) is 0 Å². The van der Waals surface area contributed by atoms with Crippen molar-refractivity contribution < 1.29 is 0 Å². The minimum absolute atomic E-state index is 0.672. The van der Waals surface area contributed by atoms with Gasteiger partial charge in [-0.15, -0.1) is 0 Å². The normalized spacial score (nSPS) is 8.91. The van der Waals surface area contributed by atoms with Crippen LogP contribution in [0.25, 0.3) is 10.4 Å². The van der Waals surface area contributed by atoms with Gasteiger partial charge in [0.1, 0.15) is 0 Å². The lowest BCUT2D eigenvalue weighted by atomic mass is 10.2. The van der Waals surface area contributed by atoms with Gasteiger partial charge in [0, 0.05) is 14.2 Å². The smallest absolute Gasteiger partial charge is 0.0378 e. The molecule has 0 amide bonds. The van der Waals surface area contributed by atoms with Gasteiger partial charge in [-0.05, 0) is 52.7 Å². The first-order valence-corrected chi connectivity index (χ1v) is 4.13. The van der Waals surface area contributed by atoms with Crippen molar-refractivity contribution in [2.75, 3.05) is 0 Å². The Balaban J connectivity index is 3.14. The summed E-state index contributed by atoms with van der Waals surface area (Å²) in [6.45, 7) is 1.98. The van der Waals surface area contributed by atoms with Crippen molar-refractivity contribution in [1.82, 2.24) is 0 Å². The Morgan fingerprint density at radius 1 is 1.55 bits per heavy atom. The summed E-state index contributed by atoms with van der Waals surface area (Å²) in [4.78, 5) is 2.70. The zero-order chi connectivity index (χ0) is 8.27. The second-order valence-corrected chi connectivity index (χ2v) is 3.29. The molecule has 4 heteroatoms. The van der Waals surface area contributed by atoms with Crippen LogP contribution < -0.4 is 0 Å². The van der Waals surface area contributed by atoms with E-state index in [9.17, 15) is 0 Å². The molecule has 3 nitrogen and oxygen atoms in total. The van der Waals surface area contributed by atoms with Crippen molar-refractivity contribution in [1.29, 1.82) is 0 Å². The van der Waals surface area contributed by atoms with Gasteiger partial charge in [0.2, 0.25) is 0 Å². The van der Waals surface area contributed by atoms with E-state index in [2.05, 4.69) is 32.6 Å². The second kappa shape index (κ2) is 3.59. The zero-order valence-corrected chi connectivity index (χ0v) is 8.11. The lowest BCUT2D eigenvalue weighted by Gasteiger charge is -1.96. The third-order valence-electron chi connectivity index (χ3n) is 1.30. The van der Waals surface area contributed by atoms with Crippen LogP contribution in [-0.4, -0.2) is 0 Å². The van der Waals surface area contributed by atoms with Gasteiger partial charge in [0.05, 0.1) is 0 Å². The number of halogens is 1. The molecule has 0 saturated carbocycles. The molecule has 0 atom stereocenters. The number of hydrogen-bond donors (Lipinski definition) is 0. The van der Waals surface area contributed by atoms with Gasteiger partial charge >= 0.3 is 0 Å². The van der Waals surface area contributed by atoms with Crippen LogP contribution in [0.2, 0.25) is 0 Å². The van der Waals surface area contributed by atoms with Crippen molar-refractivity contribution in [3.8, 4) is 0 Å². The molecule has 0 aliphatic heterocycles. The highest BCUT2D eigenvalue weighted by molar-refractivity contribution is 14.1. The van der Waals surface area contributed by atoms with Crippen LogP contribution in [0.5, 0.6) is 0 Å². The average molecular weight is 259 g/mol. The van der Waals surface area contributed by atoms with Gasteiger partial charge in [-0.3, -0.25) is 0 Å². The maximum Gasteiger partial charge on any atom is 0.0378 e. The van der Waals surface area contributed by atoms with Crippen LogP contribution in [0.1, 0.15) is 5.56 Å². The van der Waals surface area contributed by atoms with E-state index < -0.39 is 0 Å². The molecule has 0 aliphatic carbocycles. The Labute approximate surface area is 78.2 Å². The fourth-order valence-corrected chi connectivity index (χ4v) is 1.08. The molecule has 0 N–H and O–H groups in total. The minimum Gasteiger partial charge on any atom is -0.0608 e. The Morgan fingerprint density at radius 2 is 2.27 bits per heavy atom. The van der Waals surface area contributed by atoms with Crippen molar-refractivity contribution in [3.05, 3.63) is 37.8 Å². The first-order chi connectivity index (χ1) is 5.24.